The molecule has 1 N–H and O–H groups in total. The maximum absolute atomic E-state index is 13.2. The summed E-state index contributed by atoms with van der Waals surface area (Å²) in [4.78, 5) is 30.5. The van der Waals surface area contributed by atoms with Crippen molar-refractivity contribution in [2.45, 2.75) is 58.5 Å². The Morgan fingerprint density at radius 2 is 1.93 bits per heavy atom. The Labute approximate surface area is 184 Å². The molecule has 3 rings (SSSR count). The van der Waals surface area contributed by atoms with Crippen molar-refractivity contribution in [1.82, 2.24) is 4.90 Å². The Morgan fingerprint density at radius 3 is 2.53 bits per heavy atom. The predicted molar refractivity (Wildman–Crippen MR) is 125 cm³/mol. The van der Waals surface area contributed by atoms with E-state index in [9.17, 15) is 9.59 Å². The monoisotopic (exact) mass is 427 g/mol. The van der Waals surface area contributed by atoms with Crippen LogP contribution in [0.4, 0.5) is 11.4 Å². The molecular formula is C24H33N3O2S. The maximum atomic E-state index is 13.2. The molecule has 0 aliphatic heterocycles. The molecule has 5 nitrogen and oxygen atoms in total. The van der Waals surface area contributed by atoms with Crippen LogP contribution in [0.1, 0.15) is 61.2 Å². The molecular weight excluding hydrogens is 394 g/mol. The smallest absolute Gasteiger partial charge is 0.264 e. The molecule has 1 heterocycles. The zero-order valence-electron chi connectivity index (χ0n) is 18.5. The molecule has 0 bridgehead atoms. The van der Waals surface area contributed by atoms with Crippen molar-refractivity contribution in [2.75, 3.05) is 24.3 Å². The fourth-order valence-corrected chi connectivity index (χ4v) is 4.71. The molecule has 0 saturated heterocycles. The van der Waals surface area contributed by atoms with Gasteiger partial charge >= 0.3 is 0 Å². The first-order valence-corrected chi connectivity index (χ1v) is 11.7. The average molecular weight is 428 g/mol. The number of carbonyl (C=O) groups excluding carboxylic acids is 2. The molecule has 30 heavy (non-hydrogen) atoms. The first-order chi connectivity index (χ1) is 14.4. The van der Waals surface area contributed by atoms with Gasteiger partial charge in [0.25, 0.3) is 5.91 Å². The fraction of sp³-hybridized carbons (Fsp3) is 0.500. The molecule has 1 aromatic heterocycles. The summed E-state index contributed by atoms with van der Waals surface area (Å²) in [5, 5.41) is 5.04. The van der Waals surface area contributed by atoms with E-state index < -0.39 is 0 Å². The lowest BCUT2D eigenvalue weighted by Crippen LogP contribution is -2.37. The van der Waals surface area contributed by atoms with Gasteiger partial charge in [0, 0.05) is 44.0 Å². The van der Waals surface area contributed by atoms with Gasteiger partial charge in [-0.1, -0.05) is 25.8 Å². The highest BCUT2D eigenvalue weighted by atomic mass is 32.1. The molecule has 6 heteroatoms. The quantitative estimate of drug-likeness (QED) is 0.615. The highest BCUT2D eigenvalue weighted by Crippen LogP contribution is 2.29. The molecule has 1 aliphatic rings. The van der Waals surface area contributed by atoms with Crippen LogP contribution in [0.2, 0.25) is 0 Å². The fourth-order valence-electron chi connectivity index (χ4n) is 4.03. The number of hydrogen-bond donors (Lipinski definition) is 1. The number of amides is 2. The third-order valence-electron chi connectivity index (χ3n) is 6.01. The maximum Gasteiger partial charge on any atom is 0.264 e. The van der Waals surface area contributed by atoms with Crippen molar-refractivity contribution in [3.8, 4) is 0 Å². The van der Waals surface area contributed by atoms with Crippen LogP contribution in [-0.4, -0.2) is 36.9 Å². The Balaban J connectivity index is 1.86. The van der Waals surface area contributed by atoms with E-state index in [0.717, 1.165) is 53.9 Å². The van der Waals surface area contributed by atoms with E-state index in [1.165, 1.54) is 11.3 Å². The zero-order valence-corrected chi connectivity index (χ0v) is 19.3. The lowest BCUT2D eigenvalue weighted by Gasteiger charge is -2.30. The first kappa shape index (κ1) is 22.3. The van der Waals surface area contributed by atoms with Gasteiger partial charge in [-0.15, -0.1) is 11.3 Å². The molecule has 1 saturated carbocycles. The predicted octanol–water partition coefficient (Wildman–Crippen LogP) is 5.38. The minimum absolute atomic E-state index is 0.0597. The lowest BCUT2D eigenvalue weighted by atomic mass is 10.1. The highest BCUT2D eigenvalue weighted by molar-refractivity contribution is 7.12. The lowest BCUT2D eigenvalue weighted by molar-refractivity contribution is -0.119. The SMILES string of the molecule is CC[C@@H](C)N(Cc1cc(NC(=O)C2CCCC2)ccc1N(C)C)C(=O)c1cccs1. The molecule has 1 atom stereocenters. The second kappa shape index (κ2) is 10.1. The van der Waals surface area contributed by atoms with Crippen LogP contribution in [0.15, 0.2) is 35.7 Å². The van der Waals surface area contributed by atoms with Crippen LogP contribution < -0.4 is 10.2 Å². The number of thiophene rings is 1. The van der Waals surface area contributed by atoms with E-state index in [1.54, 1.807) is 0 Å². The summed E-state index contributed by atoms with van der Waals surface area (Å²) < 4.78 is 0. The van der Waals surface area contributed by atoms with Crippen molar-refractivity contribution in [3.63, 3.8) is 0 Å². The van der Waals surface area contributed by atoms with Gasteiger partial charge in [-0.05, 0) is 61.4 Å². The van der Waals surface area contributed by atoms with Gasteiger partial charge in [-0.3, -0.25) is 9.59 Å². The molecule has 0 spiro atoms. The van der Waals surface area contributed by atoms with Crippen LogP contribution in [-0.2, 0) is 11.3 Å². The van der Waals surface area contributed by atoms with Crippen molar-refractivity contribution in [2.24, 2.45) is 5.92 Å². The summed E-state index contributed by atoms with van der Waals surface area (Å²) in [7, 11) is 4.01. The topological polar surface area (TPSA) is 52.7 Å². The van der Waals surface area contributed by atoms with Crippen LogP contribution in [0.25, 0.3) is 0 Å². The van der Waals surface area contributed by atoms with Crippen LogP contribution in [0, 0.1) is 5.92 Å². The van der Waals surface area contributed by atoms with E-state index in [-0.39, 0.29) is 23.8 Å². The van der Waals surface area contributed by atoms with E-state index in [1.807, 2.05) is 54.7 Å². The minimum Gasteiger partial charge on any atom is -0.377 e. The molecule has 2 aromatic rings. The number of nitrogens with one attached hydrogen (secondary N) is 1. The first-order valence-electron chi connectivity index (χ1n) is 10.9. The normalized spacial score (nSPS) is 15.1. The van der Waals surface area contributed by atoms with Crippen LogP contribution in [0.5, 0.6) is 0 Å². The number of anilines is 2. The van der Waals surface area contributed by atoms with E-state index in [0.29, 0.717) is 6.54 Å². The number of benzene rings is 1. The summed E-state index contributed by atoms with van der Waals surface area (Å²) in [6.45, 7) is 4.70. The van der Waals surface area contributed by atoms with Gasteiger partial charge in [-0.25, -0.2) is 0 Å². The molecule has 1 aromatic carbocycles. The number of hydrogen-bond acceptors (Lipinski definition) is 4. The van der Waals surface area contributed by atoms with Gasteiger partial charge in [-0.2, -0.15) is 0 Å². The second-order valence-electron chi connectivity index (χ2n) is 8.38. The molecule has 1 fully saturated rings. The Morgan fingerprint density at radius 1 is 1.20 bits per heavy atom. The van der Waals surface area contributed by atoms with Gasteiger partial charge < -0.3 is 15.1 Å². The number of nitrogens with zero attached hydrogens (tertiary/aromatic N) is 2. The molecule has 0 unspecified atom stereocenters. The van der Waals surface area contributed by atoms with E-state index in [2.05, 4.69) is 24.1 Å². The van der Waals surface area contributed by atoms with Crippen molar-refractivity contribution < 1.29 is 9.59 Å². The summed E-state index contributed by atoms with van der Waals surface area (Å²) in [6.07, 6.45) is 5.11. The van der Waals surface area contributed by atoms with Crippen molar-refractivity contribution >= 4 is 34.5 Å². The molecule has 0 radical (unpaired) electrons. The third kappa shape index (κ3) is 5.22. The Bertz CT molecular complexity index is 857. The second-order valence-corrected chi connectivity index (χ2v) is 9.32. The van der Waals surface area contributed by atoms with E-state index in [4.69, 9.17) is 0 Å². The average Bonchev–Trinajstić information content (AvgIpc) is 3.45. The Kier molecular flexibility index (Phi) is 7.53. The minimum atomic E-state index is 0.0597. The van der Waals surface area contributed by atoms with Crippen LogP contribution >= 0.6 is 11.3 Å². The van der Waals surface area contributed by atoms with Gasteiger partial charge in [0.05, 0.1) is 4.88 Å². The van der Waals surface area contributed by atoms with Gasteiger partial charge in [0.2, 0.25) is 5.91 Å². The van der Waals surface area contributed by atoms with Gasteiger partial charge in [0.1, 0.15) is 0 Å². The van der Waals surface area contributed by atoms with Crippen LogP contribution in [0.3, 0.4) is 0 Å². The third-order valence-corrected chi connectivity index (χ3v) is 6.87. The summed E-state index contributed by atoms with van der Waals surface area (Å²) in [5.41, 5.74) is 2.90. The largest absolute Gasteiger partial charge is 0.377 e. The van der Waals surface area contributed by atoms with Gasteiger partial charge in [0.15, 0.2) is 0 Å². The number of rotatable bonds is 8. The standard InChI is InChI=1S/C24H33N3O2S/c1-5-17(2)27(24(29)22-11-8-14-30-22)16-19-15-20(12-13-21(19)26(3)4)25-23(28)18-9-6-7-10-18/h8,11-15,17-18H,5-7,9-10,16H2,1-4H3,(H,25,28)/t17-/m1/s1. The molecule has 162 valence electrons. The van der Waals surface area contributed by atoms with Crippen molar-refractivity contribution in [1.29, 1.82) is 0 Å². The summed E-state index contributed by atoms with van der Waals surface area (Å²) in [5.74, 6) is 0.299. The zero-order chi connectivity index (χ0) is 21.7. The molecule has 1 aliphatic carbocycles. The Hall–Kier alpha value is -2.34. The van der Waals surface area contributed by atoms with E-state index >= 15 is 0 Å². The number of carbonyl (C=O) groups is 2. The highest BCUT2D eigenvalue weighted by Gasteiger charge is 2.25. The van der Waals surface area contributed by atoms with Crippen molar-refractivity contribution in [3.05, 3.63) is 46.2 Å². The summed E-state index contributed by atoms with van der Waals surface area (Å²) >= 11 is 1.48. The molecule has 2 amide bonds. The summed E-state index contributed by atoms with van der Waals surface area (Å²) in [6, 6.07) is 9.93.